The van der Waals surface area contributed by atoms with Crippen LogP contribution in [0.1, 0.15) is 11.8 Å². The van der Waals surface area contributed by atoms with E-state index in [1.54, 1.807) is 18.4 Å². The molecular formula is C11H19BrIN3OS. The van der Waals surface area contributed by atoms with Crippen molar-refractivity contribution in [3.8, 4) is 0 Å². The van der Waals surface area contributed by atoms with Crippen LogP contribution in [0.15, 0.2) is 20.9 Å². The summed E-state index contributed by atoms with van der Waals surface area (Å²) in [5, 5.41) is 3.07. The Kier molecular flexibility index (Phi) is 10.1. The maximum absolute atomic E-state index is 5.75. The number of nitrogens with one attached hydrogen (secondary N) is 1. The molecule has 1 unspecified atom stereocenters. The number of rotatable bonds is 6. The molecule has 4 nitrogen and oxygen atoms in total. The van der Waals surface area contributed by atoms with Crippen LogP contribution in [0.2, 0.25) is 0 Å². The minimum absolute atomic E-state index is 0. The van der Waals surface area contributed by atoms with Crippen LogP contribution in [0.5, 0.6) is 0 Å². The SMILES string of the molecule is COCC(C)NC(N)=NCCc1ccc(Br)s1.I. The van der Waals surface area contributed by atoms with Crippen molar-refractivity contribution in [3.63, 3.8) is 0 Å². The molecule has 104 valence electrons. The number of methoxy groups -OCH3 is 1. The average molecular weight is 448 g/mol. The predicted molar refractivity (Wildman–Crippen MR) is 92.1 cm³/mol. The smallest absolute Gasteiger partial charge is 0.188 e. The first-order chi connectivity index (χ1) is 8.11. The van der Waals surface area contributed by atoms with Crippen molar-refractivity contribution >= 4 is 57.2 Å². The monoisotopic (exact) mass is 447 g/mol. The van der Waals surface area contributed by atoms with Gasteiger partial charge in [0.2, 0.25) is 0 Å². The lowest BCUT2D eigenvalue weighted by Gasteiger charge is -2.12. The summed E-state index contributed by atoms with van der Waals surface area (Å²) in [6.07, 6.45) is 0.914. The predicted octanol–water partition coefficient (Wildman–Crippen LogP) is 2.61. The molecule has 0 aliphatic heterocycles. The molecule has 0 aliphatic carbocycles. The highest BCUT2D eigenvalue weighted by Crippen LogP contribution is 2.22. The molecule has 0 fully saturated rings. The van der Waals surface area contributed by atoms with E-state index in [-0.39, 0.29) is 30.0 Å². The van der Waals surface area contributed by atoms with E-state index in [4.69, 9.17) is 10.5 Å². The second kappa shape index (κ2) is 9.99. The van der Waals surface area contributed by atoms with E-state index in [1.165, 1.54) is 4.88 Å². The number of guanidine groups is 1. The molecule has 1 heterocycles. The van der Waals surface area contributed by atoms with Gasteiger partial charge >= 0.3 is 0 Å². The molecule has 7 heteroatoms. The van der Waals surface area contributed by atoms with Gasteiger partial charge in [-0.1, -0.05) is 0 Å². The first-order valence-corrected chi connectivity index (χ1v) is 7.02. The van der Waals surface area contributed by atoms with Gasteiger partial charge in [-0.3, -0.25) is 4.99 Å². The Morgan fingerprint density at radius 1 is 1.61 bits per heavy atom. The number of thiophene rings is 1. The molecule has 0 saturated carbocycles. The number of halogens is 2. The fourth-order valence-corrected chi connectivity index (χ4v) is 2.83. The van der Waals surface area contributed by atoms with Crippen LogP contribution in [0.25, 0.3) is 0 Å². The minimum Gasteiger partial charge on any atom is -0.383 e. The molecule has 0 bridgehead atoms. The van der Waals surface area contributed by atoms with Crippen LogP contribution < -0.4 is 11.1 Å². The van der Waals surface area contributed by atoms with Crippen molar-refractivity contribution in [1.29, 1.82) is 0 Å². The highest BCUT2D eigenvalue weighted by molar-refractivity contribution is 14.0. The second-order valence-electron chi connectivity index (χ2n) is 3.72. The normalized spacial score (nSPS) is 12.9. The molecule has 1 atom stereocenters. The molecule has 1 rings (SSSR count). The quantitative estimate of drug-likeness (QED) is 0.400. The summed E-state index contributed by atoms with van der Waals surface area (Å²) in [5.74, 6) is 0.477. The Morgan fingerprint density at radius 2 is 2.33 bits per heavy atom. The first-order valence-electron chi connectivity index (χ1n) is 5.41. The van der Waals surface area contributed by atoms with Crippen LogP contribution in [0.3, 0.4) is 0 Å². The van der Waals surface area contributed by atoms with Crippen molar-refractivity contribution < 1.29 is 4.74 Å². The van der Waals surface area contributed by atoms with Crippen molar-refractivity contribution in [2.45, 2.75) is 19.4 Å². The summed E-state index contributed by atoms with van der Waals surface area (Å²) < 4.78 is 6.15. The van der Waals surface area contributed by atoms with Gasteiger partial charge in [0.15, 0.2) is 5.96 Å². The standard InChI is InChI=1S/C11H18BrN3OS.HI/c1-8(7-16-2)15-11(13)14-6-5-9-3-4-10(12)17-9;/h3-4,8H,5-7H2,1-2H3,(H3,13,14,15);1H. The van der Waals surface area contributed by atoms with Gasteiger partial charge in [-0.25, -0.2) is 0 Å². The number of nitrogens with zero attached hydrogens (tertiary/aromatic N) is 1. The first kappa shape index (κ1) is 18.1. The van der Waals surface area contributed by atoms with Gasteiger partial charge in [0, 0.05) is 31.0 Å². The molecule has 1 aromatic heterocycles. The molecule has 0 amide bonds. The Balaban J connectivity index is 0.00000289. The van der Waals surface area contributed by atoms with Crippen molar-refractivity contribution in [2.24, 2.45) is 10.7 Å². The molecule has 0 aromatic carbocycles. The van der Waals surface area contributed by atoms with Crippen molar-refractivity contribution in [1.82, 2.24) is 5.32 Å². The number of ether oxygens (including phenoxy) is 1. The molecular weight excluding hydrogens is 429 g/mol. The van der Waals surface area contributed by atoms with Crippen LogP contribution in [0, 0.1) is 0 Å². The van der Waals surface area contributed by atoms with E-state index in [9.17, 15) is 0 Å². The molecule has 18 heavy (non-hydrogen) atoms. The van der Waals surface area contributed by atoms with Crippen molar-refractivity contribution in [2.75, 3.05) is 20.3 Å². The minimum atomic E-state index is 0. The summed E-state index contributed by atoms with van der Waals surface area (Å²) >= 11 is 5.16. The third-order valence-electron chi connectivity index (χ3n) is 2.08. The molecule has 3 N–H and O–H groups in total. The molecule has 0 aliphatic rings. The molecule has 0 radical (unpaired) electrons. The summed E-state index contributed by atoms with van der Waals surface area (Å²) in [6.45, 7) is 3.32. The Morgan fingerprint density at radius 3 is 2.89 bits per heavy atom. The van der Waals surface area contributed by atoms with Crippen LogP contribution in [-0.4, -0.2) is 32.3 Å². The fraction of sp³-hybridized carbons (Fsp3) is 0.545. The Hall–Kier alpha value is 0.140. The molecule has 0 spiro atoms. The van der Waals surface area contributed by atoms with Crippen LogP contribution in [0.4, 0.5) is 0 Å². The van der Waals surface area contributed by atoms with Gasteiger partial charge in [-0.15, -0.1) is 35.3 Å². The third-order valence-corrected chi connectivity index (χ3v) is 3.76. The van der Waals surface area contributed by atoms with Gasteiger partial charge in [0.25, 0.3) is 0 Å². The van der Waals surface area contributed by atoms with Gasteiger partial charge in [0.05, 0.1) is 10.4 Å². The van der Waals surface area contributed by atoms with E-state index in [1.807, 2.05) is 13.0 Å². The zero-order chi connectivity index (χ0) is 12.7. The third kappa shape index (κ3) is 7.55. The summed E-state index contributed by atoms with van der Waals surface area (Å²) in [6, 6.07) is 4.33. The van der Waals surface area contributed by atoms with Gasteiger partial charge in [0.1, 0.15) is 0 Å². The lowest BCUT2D eigenvalue weighted by atomic mass is 10.3. The summed E-state index contributed by atoms with van der Waals surface area (Å²) in [5.41, 5.74) is 5.75. The van der Waals surface area contributed by atoms with E-state index < -0.39 is 0 Å². The largest absolute Gasteiger partial charge is 0.383 e. The van der Waals surface area contributed by atoms with Crippen molar-refractivity contribution in [3.05, 3.63) is 20.8 Å². The average Bonchev–Trinajstić information content (AvgIpc) is 2.64. The number of aliphatic imine (C=N–C) groups is 1. The number of hydrogen-bond acceptors (Lipinski definition) is 3. The van der Waals surface area contributed by atoms with Crippen LogP contribution in [-0.2, 0) is 11.2 Å². The van der Waals surface area contributed by atoms with Gasteiger partial charge in [-0.2, -0.15) is 0 Å². The zero-order valence-corrected chi connectivity index (χ0v) is 15.2. The lowest BCUT2D eigenvalue weighted by molar-refractivity contribution is 0.179. The zero-order valence-electron chi connectivity index (χ0n) is 10.5. The maximum atomic E-state index is 5.75. The van der Waals surface area contributed by atoms with Gasteiger partial charge < -0.3 is 15.8 Å². The number of nitrogens with two attached hydrogens (primary N) is 1. The summed E-state index contributed by atoms with van der Waals surface area (Å²) in [7, 11) is 1.67. The van der Waals surface area contributed by atoms with E-state index in [2.05, 4.69) is 32.3 Å². The molecule has 1 aromatic rings. The maximum Gasteiger partial charge on any atom is 0.188 e. The Bertz CT molecular complexity index is 373. The van der Waals surface area contributed by atoms with Gasteiger partial charge in [-0.05, 0) is 35.0 Å². The lowest BCUT2D eigenvalue weighted by Crippen LogP contribution is -2.40. The highest BCUT2D eigenvalue weighted by Gasteiger charge is 2.01. The number of hydrogen-bond donors (Lipinski definition) is 2. The second-order valence-corrected chi connectivity index (χ2v) is 6.27. The Labute approximate surface area is 138 Å². The van der Waals surface area contributed by atoms with E-state index in [0.717, 1.165) is 10.2 Å². The highest BCUT2D eigenvalue weighted by atomic mass is 127. The molecule has 0 saturated heterocycles. The van der Waals surface area contributed by atoms with Crippen LogP contribution >= 0.6 is 51.2 Å². The van der Waals surface area contributed by atoms with E-state index >= 15 is 0 Å². The fourth-order valence-electron chi connectivity index (χ4n) is 1.36. The topological polar surface area (TPSA) is 59.6 Å². The summed E-state index contributed by atoms with van der Waals surface area (Å²) in [4.78, 5) is 5.57. The van der Waals surface area contributed by atoms with E-state index in [0.29, 0.717) is 19.1 Å².